The molecule has 2 amide bonds. The van der Waals surface area contributed by atoms with Gasteiger partial charge in [0, 0.05) is 49.6 Å². The molecule has 1 aromatic heterocycles. The van der Waals surface area contributed by atoms with Crippen molar-refractivity contribution in [3.63, 3.8) is 0 Å². The number of fused-ring (bicyclic) bond motifs is 5. The molecule has 0 aliphatic carbocycles. The number of benzene rings is 3. The molecule has 2 heterocycles. The standard InChI is InChI=1S/C43H54N6O10/c1-30(2)35-26-38(55-4)39(27-37(35)49(53)54)59-29-32(50)13-11-20-56-22-24-58-25-23-57-21-19-48-43-33-14-6-5-12-31(33)28-47(41(52)18-10-9-17-40(51)44-3)36-16-8-7-15-34(36)42(43)45-46-48/h5-8,12,14-16,26-27,30H,9-11,13,17-25,28-29H2,1-4H3,(H,44,51). The summed E-state index contributed by atoms with van der Waals surface area (Å²) in [5.74, 6) is 0.201. The number of para-hydroxylation sites is 1. The smallest absolute Gasteiger partial charge is 0.276 e. The van der Waals surface area contributed by atoms with Crippen LogP contribution in [0.2, 0.25) is 0 Å². The van der Waals surface area contributed by atoms with Crippen LogP contribution in [-0.4, -0.2) is 97.9 Å². The third-order valence-electron chi connectivity index (χ3n) is 9.87. The summed E-state index contributed by atoms with van der Waals surface area (Å²) in [6.07, 6.45) is 2.69. The van der Waals surface area contributed by atoms with E-state index in [2.05, 4.69) is 15.6 Å². The van der Waals surface area contributed by atoms with E-state index < -0.39 is 4.92 Å². The number of unbranched alkanes of at least 4 members (excludes halogenated alkanes) is 1. The number of aromatic nitrogens is 3. The average molecular weight is 815 g/mol. The molecule has 0 saturated carbocycles. The third kappa shape index (κ3) is 12.2. The summed E-state index contributed by atoms with van der Waals surface area (Å²) in [7, 11) is 3.06. The zero-order valence-corrected chi connectivity index (χ0v) is 34.3. The lowest BCUT2D eigenvalue weighted by Crippen LogP contribution is -2.31. The molecule has 4 aromatic rings. The van der Waals surface area contributed by atoms with Gasteiger partial charge in [-0.05, 0) is 42.9 Å². The van der Waals surface area contributed by atoms with Gasteiger partial charge in [-0.25, -0.2) is 4.68 Å². The number of anilines is 1. The Labute approximate surface area is 344 Å². The van der Waals surface area contributed by atoms with Gasteiger partial charge in [-0.15, -0.1) is 5.10 Å². The number of carbonyl (C=O) groups is 3. The van der Waals surface area contributed by atoms with Crippen LogP contribution in [0.15, 0.2) is 60.7 Å². The van der Waals surface area contributed by atoms with Crippen LogP contribution in [0.5, 0.6) is 11.5 Å². The maximum Gasteiger partial charge on any atom is 0.276 e. The number of ether oxygens (including phenoxy) is 5. The minimum absolute atomic E-state index is 0.0133. The van der Waals surface area contributed by atoms with Crippen LogP contribution in [0, 0.1) is 10.1 Å². The van der Waals surface area contributed by atoms with E-state index >= 15 is 0 Å². The van der Waals surface area contributed by atoms with E-state index in [-0.39, 0.29) is 48.0 Å². The van der Waals surface area contributed by atoms with Crippen molar-refractivity contribution in [2.24, 2.45) is 0 Å². The third-order valence-corrected chi connectivity index (χ3v) is 9.87. The van der Waals surface area contributed by atoms with Crippen molar-refractivity contribution < 1.29 is 43.0 Å². The molecule has 16 nitrogen and oxygen atoms in total. The Morgan fingerprint density at radius 1 is 0.847 bits per heavy atom. The molecule has 0 spiro atoms. The van der Waals surface area contributed by atoms with Crippen molar-refractivity contribution in [1.29, 1.82) is 0 Å². The number of carbonyl (C=O) groups excluding carboxylic acids is 3. The number of amides is 2. The molecular formula is C43H54N6O10. The lowest BCUT2D eigenvalue weighted by Gasteiger charge is -2.28. The lowest BCUT2D eigenvalue weighted by molar-refractivity contribution is -0.385. The largest absolute Gasteiger partial charge is 0.493 e. The Morgan fingerprint density at radius 2 is 1.53 bits per heavy atom. The average Bonchev–Trinajstić information content (AvgIpc) is 3.65. The predicted molar refractivity (Wildman–Crippen MR) is 221 cm³/mol. The minimum atomic E-state index is -0.464. The summed E-state index contributed by atoms with van der Waals surface area (Å²) in [4.78, 5) is 50.6. The summed E-state index contributed by atoms with van der Waals surface area (Å²) < 4.78 is 29.9. The first-order valence-corrected chi connectivity index (χ1v) is 20.0. The quantitative estimate of drug-likeness (QED) is 0.0475. The molecule has 0 unspecified atom stereocenters. The van der Waals surface area contributed by atoms with E-state index in [1.807, 2.05) is 72.0 Å². The topological polar surface area (TPSA) is 186 Å². The van der Waals surface area contributed by atoms with Gasteiger partial charge in [-0.1, -0.05) is 61.5 Å². The summed E-state index contributed by atoms with van der Waals surface area (Å²) >= 11 is 0. The molecule has 5 rings (SSSR count). The van der Waals surface area contributed by atoms with Gasteiger partial charge in [0.2, 0.25) is 11.8 Å². The highest BCUT2D eigenvalue weighted by Crippen LogP contribution is 2.41. The van der Waals surface area contributed by atoms with Crippen molar-refractivity contribution >= 4 is 29.0 Å². The number of hydrogen-bond acceptors (Lipinski definition) is 12. The van der Waals surface area contributed by atoms with Gasteiger partial charge in [0.15, 0.2) is 17.3 Å². The number of nitrogens with zero attached hydrogens (tertiary/aromatic N) is 5. The summed E-state index contributed by atoms with van der Waals surface area (Å²) in [5.41, 5.74) is 5.51. The Balaban J connectivity index is 1.02. The van der Waals surface area contributed by atoms with Crippen LogP contribution in [0.3, 0.4) is 0 Å². The van der Waals surface area contributed by atoms with Gasteiger partial charge in [-0.3, -0.25) is 24.5 Å². The normalized spacial score (nSPS) is 11.9. The van der Waals surface area contributed by atoms with Crippen LogP contribution >= 0.6 is 0 Å². The van der Waals surface area contributed by atoms with Crippen LogP contribution in [0.4, 0.5) is 11.4 Å². The molecule has 16 heteroatoms. The van der Waals surface area contributed by atoms with Crippen molar-refractivity contribution in [3.8, 4) is 34.0 Å². The number of nitrogens with one attached hydrogen (secondary N) is 1. The van der Waals surface area contributed by atoms with Gasteiger partial charge < -0.3 is 33.9 Å². The van der Waals surface area contributed by atoms with E-state index in [1.54, 1.807) is 13.1 Å². The molecule has 1 N–H and O–H groups in total. The first kappa shape index (κ1) is 44.4. The van der Waals surface area contributed by atoms with Crippen molar-refractivity contribution in [2.45, 2.75) is 71.4 Å². The number of nitro groups is 1. The lowest BCUT2D eigenvalue weighted by atomic mass is 9.95. The van der Waals surface area contributed by atoms with E-state index in [0.717, 1.165) is 28.1 Å². The summed E-state index contributed by atoms with van der Waals surface area (Å²) in [6, 6.07) is 18.6. The van der Waals surface area contributed by atoms with Crippen molar-refractivity contribution in [2.75, 3.05) is 65.3 Å². The molecule has 0 atom stereocenters. The number of nitro benzene ring substituents is 1. The summed E-state index contributed by atoms with van der Waals surface area (Å²) in [5, 5.41) is 23.3. The molecule has 1 aliphatic rings. The van der Waals surface area contributed by atoms with Gasteiger partial charge >= 0.3 is 0 Å². The molecule has 1 aliphatic heterocycles. The van der Waals surface area contributed by atoms with Crippen LogP contribution < -0.4 is 19.7 Å². The molecule has 0 radical (unpaired) electrons. The Kier molecular flexibility index (Phi) is 16.9. The molecule has 0 bridgehead atoms. The fourth-order valence-corrected chi connectivity index (χ4v) is 6.77. The Bertz CT molecular complexity index is 2050. The zero-order valence-electron chi connectivity index (χ0n) is 34.3. The minimum Gasteiger partial charge on any atom is -0.493 e. The number of Topliss-reactive ketones (excluding diaryl/α,β-unsaturated/α-hetero) is 1. The summed E-state index contributed by atoms with van der Waals surface area (Å²) in [6.45, 7) is 6.55. The number of ketones is 1. The molecule has 316 valence electrons. The van der Waals surface area contributed by atoms with Gasteiger partial charge in [0.05, 0.1) is 75.6 Å². The van der Waals surface area contributed by atoms with Crippen LogP contribution in [-0.2, 0) is 41.7 Å². The van der Waals surface area contributed by atoms with Crippen molar-refractivity contribution in [1.82, 2.24) is 20.3 Å². The first-order chi connectivity index (χ1) is 28.6. The second-order valence-electron chi connectivity index (χ2n) is 14.3. The van der Waals surface area contributed by atoms with Crippen LogP contribution in [0.25, 0.3) is 22.5 Å². The fraction of sp³-hybridized carbons (Fsp3) is 0.465. The molecule has 59 heavy (non-hydrogen) atoms. The molecule has 0 saturated heterocycles. The second kappa shape index (κ2) is 22.4. The monoisotopic (exact) mass is 814 g/mol. The van der Waals surface area contributed by atoms with Gasteiger partial charge in [0.1, 0.15) is 12.3 Å². The maximum absolute atomic E-state index is 13.7. The maximum atomic E-state index is 13.7. The van der Waals surface area contributed by atoms with E-state index in [1.165, 1.54) is 13.2 Å². The van der Waals surface area contributed by atoms with E-state index in [4.69, 9.17) is 23.7 Å². The highest BCUT2D eigenvalue weighted by atomic mass is 16.6. The Morgan fingerprint density at radius 3 is 2.24 bits per heavy atom. The van der Waals surface area contributed by atoms with E-state index in [0.29, 0.717) is 102 Å². The van der Waals surface area contributed by atoms with Gasteiger partial charge in [-0.2, -0.15) is 0 Å². The SMILES string of the molecule is CNC(=O)CCCCC(=O)N1Cc2ccccc2-c2c(nnn2CCOCCOCCOCCCC(=O)COc2cc([N+](=O)[O-])c(C(C)C)cc2OC)-c2ccccc21. The van der Waals surface area contributed by atoms with Gasteiger partial charge in [0.25, 0.3) is 5.69 Å². The number of hydrogen-bond donors (Lipinski definition) is 1. The number of rotatable bonds is 24. The first-order valence-electron chi connectivity index (χ1n) is 20.0. The van der Waals surface area contributed by atoms with Crippen LogP contribution in [0.1, 0.15) is 69.4 Å². The fourth-order valence-electron chi connectivity index (χ4n) is 6.77. The highest BCUT2D eigenvalue weighted by molar-refractivity contribution is 6.00. The van der Waals surface area contributed by atoms with Crippen molar-refractivity contribution in [3.05, 3.63) is 81.9 Å². The molecule has 0 fully saturated rings. The second-order valence-corrected chi connectivity index (χ2v) is 14.3. The van der Waals surface area contributed by atoms with E-state index in [9.17, 15) is 24.5 Å². The molecular weight excluding hydrogens is 761 g/mol. The molecule has 3 aromatic carbocycles. The zero-order chi connectivity index (χ0) is 42.1. The number of methoxy groups -OCH3 is 1. The Hall–Kier alpha value is -5.71. The highest BCUT2D eigenvalue weighted by Gasteiger charge is 2.29. The predicted octanol–water partition coefficient (Wildman–Crippen LogP) is 6.28.